The van der Waals surface area contributed by atoms with Crippen LogP contribution in [0, 0.1) is 0 Å². The molecule has 0 aliphatic carbocycles. The summed E-state index contributed by atoms with van der Waals surface area (Å²) in [6.07, 6.45) is 2.68. The van der Waals surface area contributed by atoms with Crippen molar-refractivity contribution in [1.29, 1.82) is 0 Å². The lowest BCUT2D eigenvalue weighted by molar-refractivity contribution is -0.155. The van der Waals surface area contributed by atoms with Crippen molar-refractivity contribution in [1.82, 2.24) is 19.7 Å². The van der Waals surface area contributed by atoms with Gasteiger partial charge in [0.15, 0.2) is 0 Å². The number of fused-ring (bicyclic) bond motifs is 2. The Morgan fingerprint density at radius 1 is 0.979 bits per heavy atom. The Hall–Kier alpha value is -4.96. The van der Waals surface area contributed by atoms with Crippen molar-refractivity contribution in [2.24, 2.45) is 0 Å². The van der Waals surface area contributed by atoms with E-state index in [-0.39, 0.29) is 37.6 Å². The molecule has 6 rings (SSSR count). The summed E-state index contributed by atoms with van der Waals surface area (Å²) >= 11 is 0. The van der Waals surface area contributed by atoms with Crippen molar-refractivity contribution in [3.05, 3.63) is 84.2 Å². The van der Waals surface area contributed by atoms with Crippen LogP contribution in [0.5, 0.6) is 5.75 Å². The molecule has 47 heavy (non-hydrogen) atoms. The number of carbonyl (C=O) groups excluding carboxylic acids is 2. The van der Waals surface area contributed by atoms with Crippen molar-refractivity contribution in [3.8, 4) is 16.9 Å². The lowest BCUT2D eigenvalue weighted by Crippen LogP contribution is -2.34. The van der Waals surface area contributed by atoms with Gasteiger partial charge in [0, 0.05) is 35.6 Å². The molecule has 0 radical (unpaired) electrons. The topological polar surface area (TPSA) is 122 Å². The molecule has 3 heterocycles. The summed E-state index contributed by atoms with van der Waals surface area (Å²) in [7, 11) is 0. The molecule has 0 saturated carbocycles. The molecule has 0 bridgehead atoms. The molecule has 244 valence electrons. The number of likely N-dealkylation sites (tertiary alicyclic amines) is 1. The molecule has 1 aliphatic heterocycles. The van der Waals surface area contributed by atoms with Gasteiger partial charge in [-0.25, -0.2) is 4.98 Å². The molecule has 0 amide bonds. The second-order valence-corrected chi connectivity index (χ2v) is 12.9. The van der Waals surface area contributed by atoms with Crippen LogP contribution in [-0.4, -0.2) is 63.4 Å². The molecular weight excluding hydrogens is 594 g/mol. The summed E-state index contributed by atoms with van der Waals surface area (Å²) in [4.78, 5) is 31.3. The number of hydrogen-bond donors (Lipinski definition) is 1. The van der Waals surface area contributed by atoms with E-state index in [1.54, 1.807) is 13.1 Å². The molecule has 1 aliphatic rings. The first-order valence-electron chi connectivity index (χ1n) is 16.0. The normalized spacial score (nSPS) is 15.3. The second-order valence-electron chi connectivity index (χ2n) is 12.9. The Labute approximate surface area is 274 Å². The molecule has 0 spiro atoms. The van der Waals surface area contributed by atoms with E-state index in [4.69, 9.17) is 25.0 Å². The predicted octanol–water partition coefficient (Wildman–Crippen LogP) is 6.11. The van der Waals surface area contributed by atoms with Crippen molar-refractivity contribution in [3.63, 3.8) is 0 Å². The minimum atomic E-state index is -0.534. The number of benzene rings is 3. The minimum Gasteiger partial charge on any atom is -0.487 e. The van der Waals surface area contributed by atoms with Crippen LogP contribution >= 0.6 is 0 Å². The van der Waals surface area contributed by atoms with Crippen LogP contribution in [0.15, 0.2) is 72.9 Å². The quantitative estimate of drug-likeness (QED) is 0.181. The maximum Gasteiger partial charge on any atom is 0.320 e. The maximum atomic E-state index is 12.6. The number of para-hydroxylation sites is 1. The molecule has 1 atom stereocenters. The van der Waals surface area contributed by atoms with Gasteiger partial charge >= 0.3 is 11.9 Å². The zero-order valence-electron chi connectivity index (χ0n) is 27.4. The molecule has 1 fully saturated rings. The highest BCUT2D eigenvalue weighted by Gasteiger charge is 2.30. The lowest BCUT2D eigenvalue weighted by atomic mass is 9.97. The first kappa shape index (κ1) is 32.0. The third-order valence-electron chi connectivity index (χ3n) is 8.29. The van der Waals surface area contributed by atoms with E-state index in [1.807, 2.05) is 69.3 Å². The molecule has 10 heteroatoms. The van der Waals surface area contributed by atoms with Gasteiger partial charge in [-0.15, -0.1) is 0 Å². The van der Waals surface area contributed by atoms with Gasteiger partial charge in [0.2, 0.25) is 0 Å². The van der Waals surface area contributed by atoms with E-state index >= 15 is 0 Å². The molecule has 3 aromatic carbocycles. The average molecular weight is 636 g/mol. The van der Waals surface area contributed by atoms with Crippen molar-refractivity contribution < 1.29 is 23.8 Å². The number of aromatic nitrogens is 3. The standard InChI is InChI=1S/C37H41N5O5/c1-5-45-34(43)20-25-9-6-7-12-33(25)46-23-32-30-19-24(27-10-8-11-29-28(27)15-17-39-36(29)38)13-14-31(30)40-42(32)26-16-18-41(21-26)22-35(44)47-37(2,3)4/h6-15,17,19,26H,5,16,18,20-23H2,1-4H3,(H2,38,39)/t26-/m0/s1. The van der Waals surface area contributed by atoms with Crippen LogP contribution in [0.1, 0.15) is 51.4 Å². The third-order valence-corrected chi connectivity index (χ3v) is 8.29. The Morgan fingerprint density at radius 2 is 1.81 bits per heavy atom. The largest absolute Gasteiger partial charge is 0.487 e. The smallest absolute Gasteiger partial charge is 0.320 e. The maximum absolute atomic E-state index is 12.6. The Bertz CT molecular complexity index is 1930. The van der Waals surface area contributed by atoms with Crippen LogP contribution < -0.4 is 10.5 Å². The SMILES string of the molecule is CCOC(=O)Cc1ccccc1OCc1c2cc(-c3cccc4c(N)nccc34)ccc2nn1[C@H]1CCN(CC(=O)OC(C)(C)C)C1. The van der Waals surface area contributed by atoms with Crippen molar-refractivity contribution in [2.75, 3.05) is 32.0 Å². The van der Waals surface area contributed by atoms with Crippen LogP contribution in [0.3, 0.4) is 0 Å². The van der Waals surface area contributed by atoms with Gasteiger partial charge in [0.05, 0.1) is 36.8 Å². The Morgan fingerprint density at radius 3 is 2.62 bits per heavy atom. The zero-order valence-corrected chi connectivity index (χ0v) is 27.4. The monoisotopic (exact) mass is 635 g/mol. The molecular formula is C37H41N5O5. The summed E-state index contributed by atoms with van der Waals surface area (Å²) in [5.74, 6) is 0.574. The van der Waals surface area contributed by atoms with Gasteiger partial charge in [0.25, 0.3) is 0 Å². The summed E-state index contributed by atoms with van der Waals surface area (Å²) in [5, 5.41) is 7.96. The fraction of sp³-hybridized carbons (Fsp3) is 0.351. The summed E-state index contributed by atoms with van der Waals surface area (Å²) in [6.45, 7) is 9.61. The number of nitrogens with two attached hydrogens (primary N) is 1. The van der Waals surface area contributed by atoms with Gasteiger partial charge < -0.3 is 19.9 Å². The number of anilines is 1. The fourth-order valence-corrected chi connectivity index (χ4v) is 6.27. The minimum absolute atomic E-state index is 0.0325. The average Bonchev–Trinajstić information content (AvgIpc) is 3.63. The summed E-state index contributed by atoms with van der Waals surface area (Å²) < 4.78 is 19.3. The molecule has 2 N–H and O–H groups in total. The van der Waals surface area contributed by atoms with E-state index in [0.717, 1.165) is 57.0 Å². The van der Waals surface area contributed by atoms with Crippen LogP contribution in [0.25, 0.3) is 32.8 Å². The van der Waals surface area contributed by atoms with Crippen LogP contribution in [0.2, 0.25) is 0 Å². The molecule has 10 nitrogen and oxygen atoms in total. The first-order valence-corrected chi connectivity index (χ1v) is 16.0. The number of nitrogen functional groups attached to an aromatic ring is 1. The molecule has 5 aromatic rings. The Kier molecular flexibility index (Phi) is 9.13. The van der Waals surface area contributed by atoms with Crippen molar-refractivity contribution in [2.45, 2.75) is 58.8 Å². The van der Waals surface area contributed by atoms with Crippen LogP contribution in [-0.2, 0) is 32.1 Å². The predicted molar refractivity (Wildman–Crippen MR) is 182 cm³/mol. The number of hydrogen-bond acceptors (Lipinski definition) is 9. The number of ether oxygens (including phenoxy) is 3. The highest BCUT2D eigenvalue weighted by Crippen LogP contribution is 2.35. The molecule has 1 saturated heterocycles. The van der Waals surface area contributed by atoms with E-state index in [0.29, 0.717) is 24.7 Å². The first-order chi connectivity index (χ1) is 22.6. The molecule has 2 aromatic heterocycles. The van der Waals surface area contributed by atoms with Crippen LogP contribution in [0.4, 0.5) is 5.82 Å². The summed E-state index contributed by atoms with van der Waals surface area (Å²) in [5.41, 5.74) is 10.3. The van der Waals surface area contributed by atoms with E-state index in [1.165, 1.54) is 0 Å². The number of carbonyl (C=O) groups is 2. The van der Waals surface area contributed by atoms with Crippen molar-refractivity contribution >= 4 is 39.4 Å². The number of pyridine rings is 1. The molecule has 0 unspecified atom stereocenters. The highest BCUT2D eigenvalue weighted by molar-refractivity contribution is 6.02. The summed E-state index contributed by atoms with van der Waals surface area (Å²) in [6, 6.07) is 21.9. The second kappa shape index (κ2) is 13.4. The number of nitrogens with zero attached hydrogens (tertiary/aromatic N) is 4. The van der Waals surface area contributed by atoms with Gasteiger partial charge in [-0.05, 0) is 74.9 Å². The fourth-order valence-electron chi connectivity index (χ4n) is 6.27. The van der Waals surface area contributed by atoms with E-state index < -0.39 is 5.60 Å². The highest BCUT2D eigenvalue weighted by atomic mass is 16.6. The van der Waals surface area contributed by atoms with E-state index in [9.17, 15) is 9.59 Å². The number of rotatable bonds is 10. The van der Waals surface area contributed by atoms with Gasteiger partial charge in [0.1, 0.15) is 23.8 Å². The van der Waals surface area contributed by atoms with E-state index in [2.05, 4.69) is 32.8 Å². The van der Waals surface area contributed by atoms with Gasteiger partial charge in [-0.1, -0.05) is 42.5 Å². The zero-order chi connectivity index (χ0) is 33.1. The van der Waals surface area contributed by atoms with Gasteiger partial charge in [-0.3, -0.25) is 19.2 Å². The lowest BCUT2D eigenvalue weighted by Gasteiger charge is -2.22. The number of esters is 2. The Balaban J connectivity index is 1.36. The third kappa shape index (κ3) is 7.23. The van der Waals surface area contributed by atoms with Gasteiger partial charge in [-0.2, -0.15) is 5.10 Å².